The molecule has 12 heavy (non-hydrogen) atoms. The van der Waals surface area contributed by atoms with E-state index < -0.39 is 0 Å². The molecular formula is C9H22N2O. The second kappa shape index (κ2) is 7.53. The third-order valence-electron chi connectivity index (χ3n) is 2.27. The number of hydrogen-bond acceptors (Lipinski definition) is 3. The minimum atomic E-state index is 0.233. The van der Waals surface area contributed by atoms with Crippen LogP contribution in [0.4, 0.5) is 0 Å². The Morgan fingerprint density at radius 3 is 2.08 bits per heavy atom. The first-order chi connectivity index (χ1) is 5.78. The molecule has 0 spiro atoms. The summed E-state index contributed by atoms with van der Waals surface area (Å²) < 4.78 is 0. The predicted molar refractivity (Wildman–Crippen MR) is 52.3 cm³/mol. The average Bonchev–Trinajstić information content (AvgIpc) is 2.13. The fourth-order valence-electron chi connectivity index (χ4n) is 1.10. The van der Waals surface area contributed by atoms with Gasteiger partial charge in [-0.25, -0.2) is 0 Å². The van der Waals surface area contributed by atoms with Crippen LogP contribution in [0.5, 0.6) is 0 Å². The zero-order valence-electron chi connectivity index (χ0n) is 8.43. The number of hydrogen-bond donors (Lipinski definition) is 3. The summed E-state index contributed by atoms with van der Waals surface area (Å²) in [5.74, 6) is 0. The molecule has 0 bridgehead atoms. The van der Waals surface area contributed by atoms with Gasteiger partial charge in [-0.3, -0.25) is 0 Å². The predicted octanol–water partition coefficient (Wildman–Crippen LogP) is 0.345. The highest BCUT2D eigenvalue weighted by atomic mass is 16.3. The zero-order chi connectivity index (χ0) is 9.40. The highest BCUT2D eigenvalue weighted by Crippen LogP contribution is 1.92. The SMILES string of the molecule is CCC(CNC(CC)CO)NC. The maximum absolute atomic E-state index is 8.90. The van der Waals surface area contributed by atoms with Gasteiger partial charge in [-0.05, 0) is 19.9 Å². The second-order valence-electron chi connectivity index (χ2n) is 3.09. The highest BCUT2D eigenvalue weighted by molar-refractivity contribution is 4.70. The van der Waals surface area contributed by atoms with Gasteiger partial charge in [0.15, 0.2) is 0 Å². The molecule has 2 unspecified atom stereocenters. The molecule has 0 heterocycles. The van der Waals surface area contributed by atoms with Crippen LogP contribution < -0.4 is 10.6 Å². The third-order valence-corrected chi connectivity index (χ3v) is 2.27. The molecule has 3 heteroatoms. The maximum Gasteiger partial charge on any atom is 0.0584 e. The Balaban J connectivity index is 3.49. The van der Waals surface area contributed by atoms with Crippen molar-refractivity contribution in [1.29, 1.82) is 0 Å². The summed E-state index contributed by atoms with van der Waals surface area (Å²) in [5, 5.41) is 15.4. The van der Waals surface area contributed by atoms with Gasteiger partial charge in [-0.2, -0.15) is 0 Å². The van der Waals surface area contributed by atoms with Gasteiger partial charge in [0.2, 0.25) is 0 Å². The van der Waals surface area contributed by atoms with Crippen LogP contribution in [-0.4, -0.2) is 37.4 Å². The van der Waals surface area contributed by atoms with Gasteiger partial charge in [0.25, 0.3) is 0 Å². The summed E-state index contributed by atoms with van der Waals surface area (Å²) in [6.07, 6.45) is 2.10. The summed E-state index contributed by atoms with van der Waals surface area (Å²) in [7, 11) is 1.97. The van der Waals surface area contributed by atoms with E-state index in [1.165, 1.54) is 0 Å². The first-order valence-corrected chi connectivity index (χ1v) is 4.79. The Morgan fingerprint density at radius 1 is 1.17 bits per heavy atom. The Bertz CT molecular complexity index is 78.5. The summed E-state index contributed by atoms with van der Waals surface area (Å²) >= 11 is 0. The van der Waals surface area contributed by atoms with E-state index in [0.717, 1.165) is 19.4 Å². The Morgan fingerprint density at radius 2 is 1.75 bits per heavy atom. The molecule has 0 aromatic heterocycles. The van der Waals surface area contributed by atoms with Crippen LogP contribution in [0.25, 0.3) is 0 Å². The number of nitrogens with one attached hydrogen (secondary N) is 2. The molecule has 0 aliphatic carbocycles. The Kier molecular flexibility index (Phi) is 7.45. The smallest absolute Gasteiger partial charge is 0.0584 e. The molecule has 0 aromatic carbocycles. The van der Waals surface area contributed by atoms with Crippen LogP contribution in [0.15, 0.2) is 0 Å². The number of aliphatic hydroxyl groups excluding tert-OH is 1. The highest BCUT2D eigenvalue weighted by Gasteiger charge is 2.06. The molecule has 0 fully saturated rings. The van der Waals surface area contributed by atoms with E-state index in [1.54, 1.807) is 0 Å². The van der Waals surface area contributed by atoms with E-state index in [4.69, 9.17) is 5.11 Å². The van der Waals surface area contributed by atoms with Crippen molar-refractivity contribution in [3.63, 3.8) is 0 Å². The number of likely N-dealkylation sites (N-methyl/N-ethyl adjacent to an activating group) is 1. The van der Waals surface area contributed by atoms with E-state index in [2.05, 4.69) is 24.5 Å². The lowest BCUT2D eigenvalue weighted by atomic mass is 10.2. The lowest BCUT2D eigenvalue weighted by Crippen LogP contribution is -2.42. The first-order valence-electron chi connectivity index (χ1n) is 4.79. The van der Waals surface area contributed by atoms with Gasteiger partial charge >= 0.3 is 0 Å². The fourth-order valence-corrected chi connectivity index (χ4v) is 1.10. The van der Waals surface area contributed by atoms with Crippen LogP contribution >= 0.6 is 0 Å². The van der Waals surface area contributed by atoms with Crippen LogP contribution in [0.2, 0.25) is 0 Å². The van der Waals surface area contributed by atoms with Crippen LogP contribution in [0.3, 0.4) is 0 Å². The summed E-state index contributed by atoms with van der Waals surface area (Å²) in [6, 6.07) is 0.776. The van der Waals surface area contributed by atoms with Crippen molar-refractivity contribution in [2.45, 2.75) is 38.8 Å². The summed E-state index contributed by atoms with van der Waals surface area (Å²) in [5.41, 5.74) is 0. The van der Waals surface area contributed by atoms with Crippen LogP contribution in [0.1, 0.15) is 26.7 Å². The van der Waals surface area contributed by atoms with Gasteiger partial charge in [-0.15, -0.1) is 0 Å². The number of aliphatic hydroxyl groups is 1. The molecule has 3 nitrogen and oxygen atoms in total. The third kappa shape index (κ3) is 4.70. The Hall–Kier alpha value is -0.120. The van der Waals surface area contributed by atoms with Crippen LogP contribution in [0, 0.1) is 0 Å². The van der Waals surface area contributed by atoms with E-state index in [-0.39, 0.29) is 12.6 Å². The van der Waals surface area contributed by atoms with Gasteiger partial charge in [0, 0.05) is 18.6 Å². The molecule has 0 aromatic rings. The average molecular weight is 174 g/mol. The molecule has 74 valence electrons. The largest absolute Gasteiger partial charge is 0.395 e. The molecule has 0 saturated carbocycles. The molecule has 2 atom stereocenters. The lowest BCUT2D eigenvalue weighted by molar-refractivity contribution is 0.235. The van der Waals surface area contributed by atoms with E-state index in [1.807, 2.05) is 7.05 Å². The van der Waals surface area contributed by atoms with Crippen molar-refractivity contribution in [1.82, 2.24) is 10.6 Å². The van der Waals surface area contributed by atoms with Gasteiger partial charge in [0.05, 0.1) is 6.61 Å². The molecule has 0 aliphatic rings. The quantitative estimate of drug-likeness (QED) is 0.521. The monoisotopic (exact) mass is 174 g/mol. The molecule has 0 radical (unpaired) electrons. The molecule has 0 saturated heterocycles. The first kappa shape index (κ1) is 11.9. The lowest BCUT2D eigenvalue weighted by Gasteiger charge is -2.19. The minimum Gasteiger partial charge on any atom is -0.395 e. The van der Waals surface area contributed by atoms with E-state index >= 15 is 0 Å². The summed E-state index contributed by atoms with van der Waals surface area (Å²) in [6.45, 7) is 5.40. The van der Waals surface area contributed by atoms with Crippen molar-refractivity contribution in [3.05, 3.63) is 0 Å². The van der Waals surface area contributed by atoms with Gasteiger partial charge in [0.1, 0.15) is 0 Å². The molecule has 0 aliphatic heterocycles. The van der Waals surface area contributed by atoms with Gasteiger partial charge in [-0.1, -0.05) is 13.8 Å². The topological polar surface area (TPSA) is 44.3 Å². The normalized spacial score (nSPS) is 16.0. The second-order valence-corrected chi connectivity index (χ2v) is 3.09. The fraction of sp³-hybridized carbons (Fsp3) is 1.00. The molecular weight excluding hydrogens is 152 g/mol. The van der Waals surface area contributed by atoms with E-state index in [0.29, 0.717) is 6.04 Å². The minimum absolute atomic E-state index is 0.233. The van der Waals surface area contributed by atoms with E-state index in [9.17, 15) is 0 Å². The molecule has 3 N–H and O–H groups in total. The standard InChI is InChI=1S/C9H22N2O/c1-4-8(10-3)6-11-9(5-2)7-12/h8-12H,4-7H2,1-3H3. The maximum atomic E-state index is 8.90. The van der Waals surface area contributed by atoms with Crippen molar-refractivity contribution in [2.24, 2.45) is 0 Å². The Labute approximate surface area is 75.6 Å². The van der Waals surface area contributed by atoms with Crippen molar-refractivity contribution in [2.75, 3.05) is 20.2 Å². The van der Waals surface area contributed by atoms with Gasteiger partial charge < -0.3 is 15.7 Å². The zero-order valence-corrected chi connectivity index (χ0v) is 8.43. The molecule has 0 amide bonds. The molecule has 0 rings (SSSR count). The van der Waals surface area contributed by atoms with Crippen molar-refractivity contribution in [3.8, 4) is 0 Å². The van der Waals surface area contributed by atoms with Crippen LogP contribution in [-0.2, 0) is 0 Å². The van der Waals surface area contributed by atoms with Crippen molar-refractivity contribution >= 4 is 0 Å². The van der Waals surface area contributed by atoms with Crippen molar-refractivity contribution < 1.29 is 5.11 Å². The number of rotatable bonds is 7. The summed E-state index contributed by atoms with van der Waals surface area (Å²) in [4.78, 5) is 0.